The van der Waals surface area contributed by atoms with Crippen molar-refractivity contribution in [3.8, 4) is 67.5 Å². The van der Waals surface area contributed by atoms with Crippen LogP contribution < -0.4 is 0 Å². The van der Waals surface area contributed by atoms with Gasteiger partial charge in [-0.1, -0.05) is 152 Å². The zero-order valence-corrected chi connectivity index (χ0v) is 30.9. The van der Waals surface area contributed by atoms with Gasteiger partial charge in [-0.15, -0.1) is 11.3 Å². The molecule has 0 fully saturated rings. The van der Waals surface area contributed by atoms with Gasteiger partial charge < -0.3 is 4.42 Å². The van der Waals surface area contributed by atoms with Gasteiger partial charge in [0.15, 0.2) is 17.5 Å². The van der Waals surface area contributed by atoms with Gasteiger partial charge >= 0.3 is 0 Å². The van der Waals surface area contributed by atoms with Crippen molar-refractivity contribution in [2.45, 2.75) is 0 Å². The number of para-hydroxylation sites is 1. The van der Waals surface area contributed by atoms with Gasteiger partial charge in [0, 0.05) is 53.2 Å². The molecular formula is C51H31N3OS. The van der Waals surface area contributed by atoms with Crippen molar-refractivity contribution in [1.82, 2.24) is 15.0 Å². The largest absolute Gasteiger partial charge is 0.455 e. The highest BCUT2D eigenvalue weighted by Gasteiger charge is 2.19. The van der Waals surface area contributed by atoms with Gasteiger partial charge in [0.25, 0.3) is 0 Å². The molecule has 0 aliphatic carbocycles. The maximum absolute atomic E-state index is 6.60. The molecule has 56 heavy (non-hydrogen) atoms. The number of aromatic nitrogens is 3. The minimum Gasteiger partial charge on any atom is -0.455 e. The molecule has 0 aliphatic rings. The lowest BCUT2D eigenvalue weighted by atomic mass is 9.93. The Morgan fingerprint density at radius 2 is 0.929 bits per heavy atom. The molecule has 0 saturated carbocycles. The van der Waals surface area contributed by atoms with Crippen molar-refractivity contribution in [3.05, 3.63) is 188 Å². The highest BCUT2D eigenvalue weighted by Crippen LogP contribution is 2.44. The molecule has 0 saturated heterocycles. The molecule has 5 heteroatoms. The normalized spacial score (nSPS) is 11.6. The van der Waals surface area contributed by atoms with Crippen LogP contribution in [0.2, 0.25) is 0 Å². The third-order valence-corrected chi connectivity index (χ3v) is 11.7. The Kier molecular flexibility index (Phi) is 7.64. The molecule has 3 aromatic heterocycles. The number of thiophene rings is 1. The smallest absolute Gasteiger partial charge is 0.165 e. The first-order valence-corrected chi connectivity index (χ1v) is 19.5. The molecule has 262 valence electrons. The summed E-state index contributed by atoms with van der Waals surface area (Å²) < 4.78 is 8.95. The van der Waals surface area contributed by atoms with Crippen LogP contribution in [0.25, 0.3) is 110 Å². The van der Waals surface area contributed by atoms with Crippen molar-refractivity contribution < 1.29 is 4.42 Å². The zero-order chi connectivity index (χ0) is 37.0. The summed E-state index contributed by atoms with van der Waals surface area (Å²) in [5, 5.41) is 4.61. The summed E-state index contributed by atoms with van der Waals surface area (Å²) >= 11 is 1.78. The molecule has 0 N–H and O–H groups in total. The molecule has 8 aromatic carbocycles. The first-order chi connectivity index (χ1) is 27.7. The fourth-order valence-corrected chi connectivity index (χ4v) is 9.04. The highest BCUT2D eigenvalue weighted by atomic mass is 32.1. The average molecular weight is 734 g/mol. The number of hydrogen-bond acceptors (Lipinski definition) is 5. The lowest BCUT2D eigenvalue weighted by Gasteiger charge is -2.10. The average Bonchev–Trinajstić information content (AvgIpc) is 3.85. The fraction of sp³-hybridized carbons (Fsp3) is 0. The van der Waals surface area contributed by atoms with Crippen molar-refractivity contribution in [2.24, 2.45) is 0 Å². The number of furan rings is 1. The number of fused-ring (bicyclic) bond motifs is 6. The monoisotopic (exact) mass is 733 g/mol. The van der Waals surface area contributed by atoms with E-state index in [2.05, 4.69) is 121 Å². The first kappa shape index (κ1) is 32.2. The van der Waals surface area contributed by atoms with Gasteiger partial charge in [0.2, 0.25) is 0 Å². The molecule has 0 unspecified atom stereocenters. The topological polar surface area (TPSA) is 51.8 Å². The fourth-order valence-electron chi connectivity index (χ4n) is 7.79. The van der Waals surface area contributed by atoms with Crippen molar-refractivity contribution in [3.63, 3.8) is 0 Å². The summed E-state index contributed by atoms with van der Waals surface area (Å²) in [5.41, 5.74) is 11.5. The van der Waals surface area contributed by atoms with E-state index in [-0.39, 0.29) is 0 Å². The Bertz CT molecular complexity index is 3180. The predicted octanol–water partition coefficient (Wildman–Crippen LogP) is 14.1. The number of benzene rings is 8. The van der Waals surface area contributed by atoms with Crippen LogP contribution in [0, 0.1) is 0 Å². The molecule has 3 heterocycles. The van der Waals surface area contributed by atoms with Crippen molar-refractivity contribution >= 4 is 53.4 Å². The van der Waals surface area contributed by atoms with Gasteiger partial charge in [0.05, 0.1) is 0 Å². The van der Waals surface area contributed by atoms with Crippen LogP contribution in [-0.4, -0.2) is 15.0 Å². The minimum absolute atomic E-state index is 0.655. The van der Waals surface area contributed by atoms with Crippen LogP contribution in [0.4, 0.5) is 0 Å². The molecule has 0 amide bonds. The summed E-state index contributed by atoms with van der Waals surface area (Å²) in [6, 6.07) is 65.7. The third kappa shape index (κ3) is 5.56. The van der Waals surface area contributed by atoms with E-state index < -0.39 is 0 Å². The van der Waals surface area contributed by atoms with Crippen LogP contribution in [0.3, 0.4) is 0 Å². The quantitative estimate of drug-likeness (QED) is 0.171. The Morgan fingerprint density at radius 1 is 0.339 bits per heavy atom. The summed E-state index contributed by atoms with van der Waals surface area (Å²) in [5.74, 6) is 1.97. The van der Waals surface area contributed by atoms with Crippen molar-refractivity contribution in [2.75, 3.05) is 0 Å². The van der Waals surface area contributed by atoms with Gasteiger partial charge in [-0.25, -0.2) is 15.0 Å². The van der Waals surface area contributed by atoms with Crippen LogP contribution in [0.1, 0.15) is 0 Å². The standard InChI is InChI=1S/C51H31N3OS/c1-4-14-32(15-5-1)35-20-12-21-37(28-35)43-29-38(30-44-39-22-10-11-25-45(39)55-47(43)44)36-26-27-40-41-23-13-24-42(48(41)56-46(40)31-36)51-53-49(33-16-6-2-7-17-33)52-50(54-51)34-18-8-3-9-19-34/h1-31H. The van der Waals surface area contributed by atoms with E-state index in [0.29, 0.717) is 17.5 Å². The van der Waals surface area contributed by atoms with Crippen LogP contribution in [0.15, 0.2) is 192 Å². The van der Waals surface area contributed by atoms with E-state index in [9.17, 15) is 0 Å². The number of rotatable bonds is 6. The van der Waals surface area contributed by atoms with Gasteiger partial charge in [-0.2, -0.15) is 0 Å². The SMILES string of the molecule is c1ccc(-c2cccc(-c3cc(-c4ccc5c(c4)sc4c(-c6nc(-c7ccccc7)nc(-c7ccccc7)n6)cccc45)cc4c3oc3ccccc34)c2)cc1. The molecule has 4 nitrogen and oxygen atoms in total. The maximum atomic E-state index is 6.60. The number of hydrogen-bond donors (Lipinski definition) is 0. The number of nitrogens with zero attached hydrogens (tertiary/aromatic N) is 3. The predicted molar refractivity (Wildman–Crippen MR) is 233 cm³/mol. The van der Waals surface area contributed by atoms with Crippen molar-refractivity contribution in [1.29, 1.82) is 0 Å². The second-order valence-electron chi connectivity index (χ2n) is 14.0. The highest BCUT2D eigenvalue weighted by molar-refractivity contribution is 7.26. The van der Waals surface area contributed by atoms with Gasteiger partial charge in [-0.3, -0.25) is 0 Å². The van der Waals surface area contributed by atoms with E-state index in [4.69, 9.17) is 19.4 Å². The third-order valence-electron chi connectivity index (χ3n) is 10.5. The minimum atomic E-state index is 0.655. The summed E-state index contributed by atoms with van der Waals surface area (Å²) in [6.45, 7) is 0. The Hall–Kier alpha value is -7.21. The van der Waals surface area contributed by atoms with E-state index in [1.807, 2.05) is 66.7 Å². The Balaban J connectivity index is 1.08. The van der Waals surface area contributed by atoms with E-state index in [1.165, 1.54) is 26.6 Å². The van der Waals surface area contributed by atoms with Crippen LogP contribution >= 0.6 is 11.3 Å². The van der Waals surface area contributed by atoms with E-state index in [1.54, 1.807) is 11.3 Å². The summed E-state index contributed by atoms with van der Waals surface area (Å²) in [4.78, 5) is 15.1. The lowest BCUT2D eigenvalue weighted by molar-refractivity contribution is 0.670. The lowest BCUT2D eigenvalue weighted by Crippen LogP contribution is -2.00. The first-order valence-electron chi connectivity index (χ1n) is 18.7. The molecule has 11 aromatic rings. The summed E-state index contributed by atoms with van der Waals surface area (Å²) in [6.07, 6.45) is 0. The molecule has 0 radical (unpaired) electrons. The molecule has 11 rings (SSSR count). The molecule has 0 aliphatic heterocycles. The van der Waals surface area contributed by atoms with Gasteiger partial charge in [0.1, 0.15) is 11.2 Å². The molecule has 0 spiro atoms. The van der Waals surface area contributed by atoms with E-state index in [0.717, 1.165) is 65.6 Å². The maximum Gasteiger partial charge on any atom is 0.165 e. The molecule has 0 bridgehead atoms. The molecule has 0 atom stereocenters. The molecular weight excluding hydrogens is 703 g/mol. The van der Waals surface area contributed by atoms with E-state index >= 15 is 0 Å². The second kappa shape index (κ2) is 13.3. The van der Waals surface area contributed by atoms with Crippen LogP contribution in [0.5, 0.6) is 0 Å². The second-order valence-corrected chi connectivity index (χ2v) is 15.0. The summed E-state index contributed by atoms with van der Waals surface area (Å²) in [7, 11) is 0. The Labute approximate surface area is 327 Å². The Morgan fingerprint density at radius 3 is 1.68 bits per heavy atom. The van der Waals surface area contributed by atoms with Crippen LogP contribution in [-0.2, 0) is 0 Å². The zero-order valence-electron chi connectivity index (χ0n) is 30.1. The van der Waals surface area contributed by atoms with Gasteiger partial charge in [-0.05, 0) is 64.2 Å².